The third kappa shape index (κ3) is 5.30. The number of unbranched alkanes of at least 4 members (excludes halogenated alkanes) is 2. The highest BCUT2D eigenvalue weighted by atomic mass is 13.8. The van der Waals surface area contributed by atoms with Crippen LogP contribution in [0, 0.1) is 18.3 Å². The Bertz CT molecular complexity index is 101. The molecule has 0 spiro atoms. The van der Waals surface area contributed by atoms with Crippen LogP contribution in [0.4, 0.5) is 0 Å². The molecule has 0 aromatic heterocycles. The summed E-state index contributed by atoms with van der Waals surface area (Å²) in [6.45, 7) is 5.43. The summed E-state index contributed by atoms with van der Waals surface area (Å²) in [5.74, 6) is 5.65. The predicted molar refractivity (Wildman–Crippen MR) is 37.2 cm³/mol. The van der Waals surface area contributed by atoms with E-state index in [1.807, 2.05) is 19.4 Å². The lowest BCUT2D eigenvalue weighted by molar-refractivity contribution is 1.02. The van der Waals surface area contributed by atoms with Crippen LogP contribution in [0.15, 0.2) is 12.7 Å². The summed E-state index contributed by atoms with van der Waals surface area (Å²) in [7, 11) is 0. The Morgan fingerprint density at radius 3 is 2.75 bits per heavy atom. The van der Waals surface area contributed by atoms with Gasteiger partial charge in [0.2, 0.25) is 0 Å². The second kappa shape index (κ2) is 6.30. The fourth-order valence-corrected chi connectivity index (χ4v) is 0.375. The Hall–Kier alpha value is -0.700. The zero-order valence-corrected chi connectivity index (χ0v) is 5.28. The van der Waals surface area contributed by atoms with Gasteiger partial charge in [-0.15, -0.1) is 12.5 Å². The van der Waals surface area contributed by atoms with Crippen molar-refractivity contribution in [3.8, 4) is 11.8 Å². The minimum atomic E-state index is 1.03. The van der Waals surface area contributed by atoms with Crippen LogP contribution in [-0.4, -0.2) is 0 Å². The number of allylic oxidation sites excluding steroid dienone is 1. The van der Waals surface area contributed by atoms with E-state index in [0.717, 1.165) is 12.8 Å². The molecule has 0 atom stereocenters. The Morgan fingerprint density at radius 1 is 1.50 bits per heavy atom. The molecule has 0 unspecified atom stereocenters. The molecule has 0 aromatic carbocycles. The monoisotopic (exact) mass is 107 g/mol. The fourth-order valence-electron chi connectivity index (χ4n) is 0.375. The summed E-state index contributed by atoms with van der Waals surface area (Å²) in [5, 5.41) is 0. The van der Waals surface area contributed by atoms with E-state index in [0.29, 0.717) is 0 Å². The van der Waals surface area contributed by atoms with Crippen LogP contribution < -0.4 is 0 Å². The third-order valence-corrected chi connectivity index (χ3v) is 0.762. The second-order valence-electron chi connectivity index (χ2n) is 1.46. The molecule has 0 nitrogen and oxygen atoms in total. The van der Waals surface area contributed by atoms with Crippen molar-refractivity contribution in [3.63, 3.8) is 0 Å². The molecule has 43 valence electrons. The highest BCUT2D eigenvalue weighted by Gasteiger charge is 1.76. The lowest BCUT2D eigenvalue weighted by Gasteiger charge is -1.82. The number of hydrogen-bond acceptors (Lipinski definition) is 0. The number of hydrogen-bond donors (Lipinski definition) is 0. The minimum Gasteiger partial charge on any atom is -0.106 e. The van der Waals surface area contributed by atoms with Crippen molar-refractivity contribution in [2.24, 2.45) is 0 Å². The lowest BCUT2D eigenvalue weighted by Crippen LogP contribution is -1.67. The molecule has 0 rings (SSSR count). The molecule has 1 radical (unpaired) electrons. The van der Waals surface area contributed by atoms with Crippen LogP contribution in [0.25, 0.3) is 0 Å². The van der Waals surface area contributed by atoms with Gasteiger partial charge in [0.15, 0.2) is 0 Å². The Labute approximate surface area is 51.6 Å². The van der Waals surface area contributed by atoms with E-state index in [1.165, 1.54) is 0 Å². The van der Waals surface area contributed by atoms with Crippen LogP contribution in [-0.2, 0) is 0 Å². The largest absolute Gasteiger partial charge is 0.106 e. The first-order chi connectivity index (χ1) is 3.91. The van der Waals surface area contributed by atoms with E-state index >= 15 is 0 Å². The quantitative estimate of drug-likeness (QED) is 0.294. The zero-order valence-electron chi connectivity index (χ0n) is 5.28. The molecule has 0 N–H and O–H groups in total. The Morgan fingerprint density at radius 2 is 2.25 bits per heavy atom. The first kappa shape index (κ1) is 7.30. The van der Waals surface area contributed by atoms with E-state index in [4.69, 9.17) is 0 Å². The van der Waals surface area contributed by atoms with Gasteiger partial charge >= 0.3 is 0 Å². The lowest BCUT2D eigenvalue weighted by atomic mass is 10.2. The summed E-state index contributed by atoms with van der Waals surface area (Å²) < 4.78 is 0. The maximum atomic E-state index is 3.59. The zero-order chi connectivity index (χ0) is 6.24. The Balaban J connectivity index is 2.89. The fraction of sp³-hybridized carbons (Fsp3) is 0.375. The molecule has 0 heteroatoms. The third-order valence-electron chi connectivity index (χ3n) is 0.762. The summed E-state index contributed by atoms with van der Waals surface area (Å²) in [6, 6.07) is 0. The molecular formula is C8H11. The molecule has 0 aromatic rings. The van der Waals surface area contributed by atoms with E-state index in [1.54, 1.807) is 0 Å². The van der Waals surface area contributed by atoms with E-state index in [2.05, 4.69) is 18.4 Å². The van der Waals surface area contributed by atoms with Gasteiger partial charge in [-0.2, -0.15) is 0 Å². The van der Waals surface area contributed by atoms with Crippen molar-refractivity contribution in [2.45, 2.75) is 19.8 Å². The number of rotatable bonds is 3. The second-order valence-corrected chi connectivity index (χ2v) is 1.46. The summed E-state index contributed by atoms with van der Waals surface area (Å²) in [5.41, 5.74) is 0. The molecule has 0 aliphatic carbocycles. The van der Waals surface area contributed by atoms with Gasteiger partial charge in [0.25, 0.3) is 0 Å². The van der Waals surface area contributed by atoms with Crippen molar-refractivity contribution in [2.75, 3.05) is 0 Å². The predicted octanol–water partition coefficient (Wildman–Crippen LogP) is 2.18. The summed E-state index contributed by atoms with van der Waals surface area (Å²) in [4.78, 5) is 0. The molecule has 0 fully saturated rings. The van der Waals surface area contributed by atoms with Crippen LogP contribution in [0.5, 0.6) is 0 Å². The minimum absolute atomic E-state index is 1.03. The first-order valence-electron chi connectivity index (χ1n) is 2.76. The first-order valence-corrected chi connectivity index (χ1v) is 2.76. The van der Waals surface area contributed by atoms with Crippen molar-refractivity contribution < 1.29 is 0 Å². The highest BCUT2D eigenvalue weighted by molar-refractivity contribution is 5.07. The van der Waals surface area contributed by atoms with Gasteiger partial charge in [0, 0.05) is 6.42 Å². The maximum absolute atomic E-state index is 3.59. The molecule has 0 aliphatic rings. The van der Waals surface area contributed by atoms with Gasteiger partial charge in [-0.25, -0.2) is 0 Å². The summed E-state index contributed by atoms with van der Waals surface area (Å²) >= 11 is 0. The van der Waals surface area contributed by atoms with Crippen LogP contribution in [0.2, 0.25) is 0 Å². The molecule has 0 bridgehead atoms. The average molecular weight is 107 g/mol. The molecule has 0 heterocycles. The van der Waals surface area contributed by atoms with Crippen molar-refractivity contribution >= 4 is 0 Å². The van der Waals surface area contributed by atoms with Crippen LogP contribution in [0.3, 0.4) is 0 Å². The molecule has 0 amide bonds. The smallest absolute Gasteiger partial charge is 0.0343 e. The van der Waals surface area contributed by atoms with Gasteiger partial charge in [-0.05, 0) is 19.8 Å². The molecule has 0 saturated carbocycles. The van der Waals surface area contributed by atoms with Crippen LogP contribution >= 0.6 is 0 Å². The van der Waals surface area contributed by atoms with Gasteiger partial charge in [-0.3, -0.25) is 0 Å². The molecule has 0 aliphatic heterocycles. The van der Waals surface area contributed by atoms with Crippen molar-refractivity contribution in [1.82, 2.24) is 0 Å². The van der Waals surface area contributed by atoms with Gasteiger partial charge < -0.3 is 0 Å². The topological polar surface area (TPSA) is 0 Å². The molecule has 0 saturated heterocycles. The van der Waals surface area contributed by atoms with Crippen LogP contribution in [0.1, 0.15) is 19.8 Å². The van der Waals surface area contributed by atoms with E-state index in [9.17, 15) is 0 Å². The van der Waals surface area contributed by atoms with E-state index in [-0.39, 0.29) is 0 Å². The standard InChI is InChI=1S/C8H11/c1-3-5-7-8-6-4-2/h3,8H,1,5,7H2,2H3. The molecule has 8 heavy (non-hydrogen) atoms. The highest BCUT2D eigenvalue weighted by Crippen LogP contribution is 1.90. The Kier molecular flexibility index (Phi) is 5.75. The van der Waals surface area contributed by atoms with Crippen molar-refractivity contribution in [1.29, 1.82) is 0 Å². The van der Waals surface area contributed by atoms with Crippen molar-refractivity contribution in [3.05, 3.63) is 19.1 Å². The maximum Gasteiger partial charge on any atom is 0.0343 e. The molecular weight excluding hydrogens is 96.1 g/mol. The summed E-state index contributed by atoms with van der Waals surface area (Å²) in [6.07, 6.45) is 5.93. The average Bonchev–Trinajstić information content (AvgIpc) is 1.81. The van der Waals surface area contributed by atoms with Gasteiger partial charge in [0.1, 0.15) is 0 Å². The SMILES string of the molecule is C=CCC[CH]C#CC. The normalized spacial score (nSPS) is 7.12. The van der Waals surface area contributed by atoms with Gasteiger partial charge in [0.05, 0.1) is 0 Å². The van der Waals surface area contributed by atoms with E-state index < -0.39 is 0 Å². The van der Waals surface area contributed by atoms with Gasteiger partial charge in [-0.1, -0.05) is 12.0 Å².